The minimum atomic E-state index is 0. The maximum absolute atomic E-state index is 2.59. The van der Waals surface area contributed by atoms with Gasteiger partial charge in [0, 0.05) is 13.1 Å². The van der Waals surface area contributed by atoms with E-state index in [2.05, 4.69) is 72.5 Å². The number of piperidine rings is 1. The van der Waals surface area contributed by atoms with E-state index in [4.69, 9.17) is 0 Å². The Labute approximate surface area is 146 Å². The zero-order chi connectivity index (χ0) is 15.2. The fourth-order valence-corrected chi connectivity index (χ4v) is 3.40. The van der Waals surface area contributed by atoms with Crippen LogP contribution in [-0.4, -0.2) is 24.5 Å². The van der Waals surface area contributed by atoms with Crippen LogP contribution in [0.1, 0.15) is 37.3 Å². The summed E-state index contributed by atoms with van der Waals surface area (Å²) in [6.45, 7) is 5.91. The smallest absolute Gasteiger partial charge is 0.00190 e. The molecule has 1 heterocycles. The van der Waals surface area contributed by atoms with E-state index in [0.29, 0.717) is 0 Å². The third-order valence-electron chi connectivity index (χ3n) is 4.48. The number of benzene rings is 2. The number of hydrogen-bond donors (Lipinski definition) is 0. The highest BCUT2D eigenvalue weighted by molar-refractivity contribution is 5.85. The number of rotatable bonds is 4. The third-order valence-corrected chi connectivity index (χ3v) is 4.48. The van der Waals surface area contributed by atoms with Crippen LogP contribution in [0.4, 0.5) is 0 Å². The highest BCUT2D eigenvalue weighted by Crippen LogP contribution is 2.32. The van der Waals surface area contributed by atoms with E-state index in [-0.39, 0.29) is 12.4 Å². The first-order chi connectivity index (χ1) is 10.9. The van der Waals surface area contributed by atoms with E-state index in [1.807, 2.05) is 0 Å². The van der Waals surface area contributed by atoms with Crippen LogP contribution in [0, 0.1) is 0 Å². The molecule has 2 heteroatoms. The van der Waals surface area contributed by atoms with Crippen LogP contribution in [0.5, 0.6) is 0 Å². The van der Waals surface area contributed by atoms with Gasteiger partial charge in [0.15, 0.2) is 0 Å². The van der Waals surface area contributed by atoms with Gasteiger partial charge in [0.2, 0.25) is 0 Å². The summed E-state index contributed by atoms with van der Waals surface area (Å²) in [6, 6.07) is 21.7. The Morgan fingerprint density at radius 3 is 1.74 bits per heavy atom. The molecule has 0 radical (unpaired) electrons. The average Bonchev–Trinajstić information content (AvgIpc) is 2.59. The first kappa shape index (κ1) is 17.8. The molecule has 0 bridgehead atoms. The predicted octanol–water partition coefficient (Wildman–Crippen LogP) is 5.42. The monoisotopic (exact) mass is 327 g/mol. The highest BCUT2D eigenvalue weighted by atomic mass is 35.5. The molecule has 0 atom stereocenters. The molecule has 0 amide bonds. The van der Waals surface area contributed by atoms with E-state index in [1.54, 1.807) is 5.57 Å². The second-order valence-electron chi connectivity index (χ2n) is 6.05. The van der Waals surface area contributed by atoms with Gasteiger partial charge in [-0.05, 0) is 42.5 Å². The van der Waals surface area contributed by atoms with Crippen molar-refractivity contribution in [3.8, 4) is 0 Å². The van der Waals surface area contributed by atoms with Crippen LogP contribution in [-0.2, 0) is 0 Å². The van der Waals surface area contributed by atoms with Crippen LogP contribution >= 0.6 is 12.4 Å². The quantitative estimate of drug-likeness (QED) is 0.725. The molecule has 23 heavy (non-hydrogen) atoms. The number of halogens is 1. The fourth-order valence-electron chi connectivity index (χ4n) is 3.40. The standard InChI is InChI=1S/C21H25N.ClH/c1-2-15-22-16-13-20(14-17-22)21(18-9-5-3-6-10-18)19-11-7-4-8-12-19;/h3-12H,2,13-17H2,1H3;1H. The van der Waals surface area contributed by atoms with Gasteiger partial charge in [0.1, 0.15) is 0 Å². The van der Waals surface area contributed by atoms with Gasteiger partial charge in [-0.1, -0.05) is 73.2 Å². The largest absolute Gasteiger partial charge is 0.303 e. The first-order valence-electron chi connectivity index (χ1n) is 8.43. The molecule has 2 aromatic rings. The lowest BCUT2D eigenvalue weighted by Crippen LogP contribution is -2.31. The van der Waals surface area contributed by atoms with Gasteiger partial charge in [-0.2, -0.15) is 0 Å². The Morgan fingerprint density at radius 1 is 0.826 bits per heavy atom. The molecule has 1 aliphatic rings. The van der Waals surface area contributed by atoms with Crippen molar-refractivity contribution in [1.29, 1.82) is 0 Å². The van der Waals surface area contributed by atoms with Crippen molar-refractivity contribution >= 4 is 18.0 Å². The van der Waals surface area contributed by atoms with E-state index in [9.17, 15) is 0 Å². The Kier molecular flexibility index (Phi) is 6.88. The summed E-state index contributed by atoms with van der Waals surface area (Å²) in [5.74, 6) is 0. The van der Waals surface area contributed by atoms with E-state index in [0.717, 1.165) is 0 Å². The Balaban J connectivity index is 0.00000192. The zero-order valence-corrected chi connectivity index (χ0v) is 14.7. The molecule has 2 aromatic carbocycles. The van der Waals surface area contributed by atoms with Gasteiger partial charge < -0.3 is 4.90 Å². The second-order valence-corrected chi connectivity index (χ2v) is 6.05. The van der Waals surface area contributed by atoms with Gasteiger partial charge >= 0.3 is 0 Å². The SMILES string of the molecule is CCCN1CCC(=C(c2ccccc2)c2ccccc2)CC1.Cl. The second kappa shape index (κ2) is 8.90. The van der Waals surface area contributed by atoms with Gasteiger partial charge in [-0.25, -0.2) is 0 Å². The minimum Gasteiger partial charge on any atom is -0.303 e. The molecule has 0 aromatic heterocycles. The van der Waals surface area contributed by atoms with Crippen LogP contribution in [0.25, 0.3) is 5.57 Å². The van der Waals surface area contributed by atoms with Crippen LogP contribution < -0.4 is 0 Å². The Hall–Kier alpha value is -1.57. The van der Waals surface area contributed by atoms with Gasteiger partial charge in [0.25, 0.3) is 0 Å². The predicted molar refractivity (Wildman–Crippen MR) is 102 cm³/mol. The van der Waals surface area contributed by atoms with Gasteiger partial charge in [0.05, 0.1) is 0 Å². The summed E-state index contributed by atoms with van der Waals surface area (Å²) >= 11 is 0. The van der Waals surface area contributed by atoms with Crippen molar-refractivity contribution in [3.63, 3.8) is 0 Å². The molecule has 1 fully saturated rings. The van der Waals surface area contributed by atoms with Crippen molar-refractivity contribution in [1.82, 2.24) is 4.90 Å². The molecule has 0 N–H and O–H groups in total. The van der Waals surface area contributed by atoms with Gasteiger partial charge in [-0.3, -0.25) is 0 Å². The van der Waals surface area contributed by atoms with Crippen LogP contribution in [0.15, 0.2) is 66.2 Å². The van der Waals surface area contributed by atoms with Gasteiger partial charge in [-0.15, -0.1) is 12.4 Å². The molecule has 0 aliphatic carbocycles. The lowest BCUT2D eigenvalue weighted by molar-refractivity contribution is 0.257. The van der Waals surface area contributed by atoms with Crippen molar-refractivity contribution in [3.05, 3.63) is 77.4 Å². The van der Waals surface area contributed by atoms with Crippen LogP contribution in [0.2, 0.25) is 0 Å². The molecular weight excluding hydrogens is 302 g/mol. The molecule has 0 saturated carbocycles. The molecule has 1 aliphatic heterocycles. The Morgan fingerprint density at radius 2 is 1.30 bits per heavy atom. The molecule has 122 valence electrons. The maximum Gasteiger partial charge on any atom is 0.00190 e. The van der Waals surface area contributed by atoms with E-state index < -0.39 is 0 Å². The summed E-state index contributed by atoms with van der Waals surface area (Å²) in [5, 5.41) is 0. The van der Waals surface area contributed by atoms with E-state index >= 15 is 0 Å². The van der Waals surface area contributed by atoms with E-state index in [1.165, 1.54) is 55.6 Å². The normalized spacial score (nSPS) is 15.1. The summed E-state index contributed by atoms with van der Waals surface area (Å²) < 4.78 is 0. The molecular formula is C21H26ClN. The zero-order valence-electron chi connectivity index (χ0n) is 13.9. The summed E-state index contributed by atoms with van der Waals surface area (Å²) in [5.41, 5.74) is 5.78. The first-order valence-corrected chi connectivity index (χ1v) is 8.43. The van der Waals surface area contributed by atoms with Crippen molar-refractivity contribution < 1.29 is 0 Å². The number of hydrogen-bond acceptors (Lipinski definition) is 1. The summed E-state index contributed by atoms with van der Waals surface area (Å²) in [7, 11) is 0. The Bertz CT molecular complexity index is 567. The van der Waals surface area contributed by atoms with Crippen molar-refractivity contribution in [2.24, 2.45) is 0 Å². The number of nitrogens with zero attached hydrogens (tertiary/aromatic N) is 1. The summed E-state index contributed by atoms with van der Waals surface area (Å²) in [6.07, 6.45) is 3.64. The third kappa shape index (κ3) is 4.46. The van der Waals surface area contributed by atoms with Crippen molar-refractivity contribution in [2.45, 2.75) is 26.2 Å². The summed E-state index contributed by atoms with van der Waals surface area (Å²) in [4.78, 5) is 2.59. The lowest BCUT2D eigenvalue weighted by Gasteiger charge is -2.30. The maximum atomic E-state index is 2.59. The van der Waals surface area contributed by atoms with Crippen molar-refractivity contribution in [2.75, 3.05) is 19.6 Å². The lowest BCUT2D eigenvalue weighted by atomic mass is 9.88. The molecule has 1 nitrogen and oxygen atoms in total. The minimum absolute atomic E-state index is 0. The molecule has 0 spiro atoms. The number of likely N-dealkylation sites (tertiary alicyclic amines) is 1. The molecule has 3 rings (SSSR count). The van der Waals surface area contributed by atoms with Crippen LogP contribution in [0.3, 0.4) is 0 Å². The topological polar surface area (TPSA) is 3.24 Å². The average molecular weight is 328 g/mol. The fraction of sp³-hybridized carbons (Fsp3) is 0.333. The highest BCUT2D eigenvalue weighted by Gasteiger charge is 2.18. The molecule has 1 saturated heterocycles. The molecule has 0 unspecified atom stereocenters.